The fourth-order valence-electron chi connectivity index (χ4n) is 2.77. The summed E-state index contributed by atoms with van der Waals surface area (Å²) in [6.45, 7) is 5.96. The van der Waals surface area contributed by atoms with E-state index in [9.17, 15) is 0 Å². The van der Waals surface area contributed by atoms with Crippen molar-refractivity contribution >= 4 is 0 Å². The van der Waals surface area contributed by atoms with E-state index in [0.717, 1.165) is 18.0 Å². The topological polar surface area (TPSA) is 29.3 Å². The molecular weight excluding hydrogens is 184 g/mol. The Morgan fingerprint density at radius 3 is 2.27 bits per heavy atom. The summed E-state index contributed by atoms with van der Waals surface area (Å²) < 4.78 is 0. The lowest BCUT2D eigenvalue weighted by Gasteiger charge is -2.29. The van der Waals surface area contributed by atoms with Crippen molar-refractivity contribution in [1.29, 1.82) is 0 Å². The van der Waals surface area contributed by atoms with E-state index in [0.29, 0.717) is 6.04 Å². The second-order valence-electron chi connectivity index (χ2n) is 5.88. The Morgan fingerprint density at radius 1 is 1.13 bits per heavy atom. The van der Waals surface area contributed by atoms with E-state index in [4.69, 9.17) is 5.73 Å². The Bertz CT molecular complexity index is 199. The predicted molar refractivity (Wildman–Crippen MR) is 64.8 cm³/mol. The van der Waals surface area contributed by atoms with Crippen LogP contribution in [-0.4, -0.2) is 29.6 Å². The first-order valence-corrected chi connectivity index (χ1v) is 6.68. The maximum Gasteiger partial charge on any atom is 0.0113 e. The molecule has 0 aliphatic heterocycles. The van der Waals surface area contributed by atoms with Crippen LogP contribution in [0.5, 0.6) is 0 Å². The smallest absolute Gasteiger partial charge is 0.0113 e. The summed E-state index contributed by atoms with van der Waals surface area (Å²) in [5.74, 6) is 0.835. The molecule has 0 aromatic heterocycles. The summed E-state index contributed by atoms with van der Waals surface area (Å²) in [5, 5.41) is 0. The maximum atomic E-state index is 6.01. The Morgan fingerprint density at radius 2 is 1.80 bits per heavy atom. The van der Waals surface area contributed by atoms with Gasteiger partial charge in [0.25, 0.3) is 0 Å². The second-order valence-corrected chi connectivity index (χ2v) is 5.88. The molecule has 0 heterocycles. The molecule has 2 unspecified atom stereocenters. The molecule has 2 fully saturated rings. The maximum absolute atomic E-state index is 6.01. The number of nitrogens with two attached hydrogens (primary N) is 1. The van der Waals surface area contributed by atoms with Crippen molar-refractivity contribution in [3.05, 3.63) is 0 Å². The fraction of sp³-hybridized carbons (Fsp3) is 1.00. The lowest BCUT2D eigenvalue weighted by atomic mass is 10.1. The first-order valence-electron chi connectivity index (χ1n) is 6.68. The molecule has 0 radical (unpaired) electrons. The molecule has 0 spiro atoms. The summed E-state index contributed by atoms with van der Waals surface area (Å²) in [6, 6.07) is 2.21. The van der Waals surface area contributed by atoms with Gasteiger partial charge in [-0.05, 0) is 51.0 Å². The SMILES string of the molecule is CC(C)CCN(C1CC1)C1CCC(N)C1. The highest BCUT2D eigenvalue weighted by molar-refractivity contribution is 4.93. The number of nitrogens with zero attached hydrogens (tertiary/aromatic N) is 1. The highest BCUT2D eigenvalue weighted by atomic mass is 15.2. The number of hydrogen-bond acceptors (Lipinski definition) is 2. The van der Waals surface area contributed by atoms with Crippen LogP contribution in [0.15, 0.2) is 0 Å². The second kappa shape index (κ2) is 4.84. The van der Waals surface area contributed by atoms with Crippen LogP contribution in [0.2, 0.25) is 0 Å². The molecule has 2 saturated carbocycles. The van der Waals surface area contributed by atoms with Crippen molar-refractivity contribution in [3.8, 4) is 0 Å². The minimum Gasteiger partial charge on any atom is -0.328 e. The highest BCUT2D eigenvalue weighted by Gasteiger charge is 2.36. The molecule has 0 amide bonds. The molecule has 2 rings (SSSR count). The quantitative estimate of drug-likeness (QED) is 0.755. The molecule has 0 saturated heterocycles. The zero-order valence-electron chi connectivity index (χ0n) is 10.3. The zero-order chi connectivity index (χ0) is 10.8. The Hall–Kier alpha value is -0.0800. The van der Waals surface area contributed by atoms with Crippen molar-refractivity contribution in [1.82, 2.24) is 4.90 Å². The first-order chi connectivity index (χ1) is 7.16. The van der Waals surface area contributed by atoms with E-state index in [-0.39, 0.29) is 0 Å². The Kier molecular flexibility index (Phi) is 3.68. The van der Waals surface area contributed by atoms with Gasteiger partial charge < -0.3 is 5.73 Å². The van der Waals surface area contributed by atoms with Crippen LogP contribution in [0.4, 0.5) is 0 Å². The van der Waals surface area contributed by atoms with Crippen LogP contribution in [0, 0.1) is 5.92 Å². The van der Waals surface area contributed by atoms with Crippen LogP contribution in [0.1, 0.15) is 52.4 Å². The third kappa shape index (κ3) is 3.18. The summed E-state index contributed by atoms with van der Waals surface area (Å²) >= 11 is 0. The molecular formula is C13H26N2. The van der Waals surface area contributed by atoms with Gasteiger partial charge in [0.2, 0.25) is 0 Å². The lowest BCUT2D eigenvalue weighted by molar-refractivity contribution is 0.177. The molecule has 2 atom stereocenters. The number of hydrogen-bond donors (Lipinski definition) is 1. The average molecular weight is 210 g/mol. The van der Waals surface area contributed by atoms with Crippen LogP contribution in [0.3, 0.4) is 0 Å². The minimum absolute atomic E-state index is 0.482. The third-order valence-corrected chi connectivity index (χ3v) is 3.90. The highest BCUT2D eigenvalue weighted by Crippen LogP contribution is 2.34. The van der Waals surface area contributed by atoms with Gasteiger partial charge in [0.05, 0.1) is 0 Å². The van der Waals surface area contributed by atoms with Crippen molar-refractivity contribution in [3.63, 3.8) is 0 Å². The van der Waals surface area contributed by atoms with Gasteiger partial charge in [-0.3, -0.25) is 4.90 Å². The molecule has 2 aliphatic carbocycles. The van der Waals surface area contributed by atoms with Crippen molar-refractivity contribution in [2.24, 2.45) is 11.7 Å². The molecule has 88 valence electrons. The normalized spacial score (nSPS) is 31.8. The van der Waals surface area contributed by atoms with Gasteiger partial charge in [-0.15, -0.1) is 0 Å². The van der Waals surface area contributed by atoms with E-state index in [2.05, 4.69) is 18.7 Å². The predicted octanol–water partition coefficient (Wildman–Crippen LogP) is 2.38. The van der Waals surface area contributed by atoms with Crippen LogP contribution in [0.25, 0.3) is 0 Å². The molecule has 15 heavy (non-hydrogen) atoms. The number of rotatable bonds is 5. The van der Waals surface area contributed by atoms with Gasteiger partial charge in [-0.1, -0.05) is 13.8 Å². The first kappa shape index (κ1) is 11.4. The molecule has 2 heteroatoms. The van der Waals surface area contributed by atoms with Gasteiger partial charge in [0.1, 0.15) is 0 Å². The zero-order valence-corrected chi connectivity index (χ0v) is 10.3. The summed E-state index contributed by atoms with van der Waals surface area (Å²) in [7, 11) is 0. The van der Waals surface area contributed by atoms with Gasteiger partial charge in [0.15, 0.2) is 0 Å². The fourth-order valence-corrected chi connectivity index (χ4v) is 2.77. The third-order valence-electron chi connectivity index (χ3n) is 3.90. The van der Waals surface area contributed by atoms with E-state index in [1.54, 1.807) is 0 Å². The molecule has 0 aromatic carbocycles. The van der Waals surface area contributed by atoms with E-state index < -0.39 is 0 Å². The Labute approximate surface area is 94.2 Å². The lowest BCUT2D eigenvalue weighted by Crippen LogP contribution is -2.37. The molecule has 0 aromatic rings. The minimum atomic E-state index is 0.482. The van der Waals surface area contributed by atoms with Crippen LogP contribution >= 0.6 is 0 Å². The van der Waals surface area contributed by atoms with Gasteiger partial charge in [-0.2, -0.15) is 0 Å². The summed E-state index contributed by atoms with van der Waals surface area (Å²) in [4.78, 5) is 2.77. The molecule has 2 N–H and O–H groups in total. The van der Waals surface area contributed by atoms with Crippen molar-refractivity contribution in [2.45, 2.75) is 70.5 Å². The van der Waals surface area contributed by atoms with Crippen LogP contribution < -0.4 is 5.73 Å². The monoisotopic (exact) mass is 210 g/mol. The van der Waals surface area contributed by atoms with E-state index >= 15 is 0 Å². The van der Waals surface area contributed by atoms with Gasteiger partial charge in [-0.25, -0.2) is 0 Å². The van der Waals surface area contributed by atoms with Crippen molar-refractivity contribution in [2.75, 3.05) is 6.54 Å². The van der Waals surface area contributed by atoms with Gasteiger partial charge >= 0.3 is 0 Å². The Balaban J connectivity index is 1.83. The molecule has 2 aliphatic rings. The molecule has 0 bridgehead atoms. The standard InChI is InChI=1S/C13H26N2/c1-10(2)7-8-15(12-5-6-12)13-4-3-11(14)9-13/h10-13H,3-9,14H2,1-2H3. The van der Waals surface area contributed by atoms with Gasteiger partial charge in [0, 0.05) is 18.1 Å². The van der Waals surface area contributed by atoms with Crippen molar-refractivity contribution < 1.29 is 0 Å². The molecule has 2 nitrogen and oxygen atoms in total. The van der Waals surface area contributed by atoms with Crippen LogP contribution in [-0.2, 0) is 0 Å². The largest absolute Gasteiger partial charge is 0.328 e. The average Bonchev–Trinajstić information content (AvgIpc) is 2.90. The van der Waals surface area contributed by atoms with E-state index in [1.165, 1.54) is 45.1 Å². The summed E-state index contributed by atoms with van der Waals surface area (Å²) in [5.41, 5.74) is 6.01. The summed E-state index contributed by atoms with van der Waals surface area (Å²) in [6.07, 6.45) is 8.05. The van der Waals surface area contributed by atoms with E-state index in [1.807, 2.05) is 0 Å².